The SMILES string of the molecule is Cc1cc(Br)cnc1NC[C@H]1CCCO1. The van der Waals surface area contributed by atoms with Gasteiger partial charge in [-0.15, -0.1) is 0 Å². The molecular formula is C11H15BrN2O. The van der Waals surface area contributed by atoms with Crippen molar-refractivity contribution in [2.24, 2.45) is 0 Å². The molecule has 0 spiro atoms. The molecule has 1 aliphatic heterocycles. The molecule has 1 fully saturated rings. The minimum absolute atomic E-state index is 0.356. The smallest absolute Gasteiger partial charge is 0.129 e. The van der Waals surface area contributed by atoms with E-state index in [1.807, 2.05) is 6.20 Å². The summed E-state index contributed by atoms with van der Waals surface area (Å²) in [6, 6.07) is 2.06. The maximum Gasteiger partial charge on any atom is 0.129 e. The zero-order chi connectivity index (χ0) is 10.7. The van der Waals surface area contributed by atoms with Crippen LogP contribution in [0.3, 0.4) is 0 Å². The van der Waals surface area contributed by atoms with Gasteiger partial charge in [-0.3, -0.25) is 0 Å². The molecular weight excluding hydrogens is 256 g/mol. The standard InChI is InChI=1S/C11H15BrN2O/c1-8-5-9(12)6-13-11(8)14-7-10-3-2-4-15-10/h5-6,10H,2-4,7H2,1H3,(H,13,14)/t10-/m1/s1. The maximum absolute atomic E-state index is 5.54. The predicted octanol–water partition coefficient (Wildman–Crippen LogP) is 2.74. The van der Waals surface area contributed by atoms with Crippen molar-refractivity contribution in [3.8, 4) is 0 Å². The fraction of sp³-hybridized carbons (Fsp3) is 0.545. The van der Waals surface area contributed by atoms with Crippen LogP contribution in [-0.2, 0) is 4.74 Å². The molecule has 1 aromatic rings. The van der Waals surface area contributed by atoms with Crippen molar-refractivity contribution in [2.75, 3.05) is 18.5 Å². The minimum Gasteiger partial charge on any atom is -0.376 e. The summed E-state index contributed by atoms with van der Waals surface area (Å²) in [6.45, 7) is 3.81. The first kappa shape index (κ1) is 10.9. The number of pyridine rings is 1. The Morgan fingerprint density at radius 1 is 1.67 bits per heavy atom. The van der Waals surface area contributed by atoms with E-state index >= 15 is 0 Å². The molecule has 1 atom stereocenters. The van der Waals surface area contributed by atoms with Crippen molar-refractivity contribution in [1.29, 1.82) is 0 Å². The molecule has 82 valence electrons. The lowest BCUT2D eigenvalue weighted by Crippen LogP contribution is -2.19. The molecule has 0 aromatic carbocycles. The second kappa shape index (κ2) is 4.94. The normalized spacial score (nSPS) is 20.5. The molecule has 0 bridgehead atoms. The van der Waals surface area contributed by atoms with E-state index in [1.165, 1.54) is 6.42 Å². The summed E-state index contributed by atoms with van der Waals surface area (Å²) in [6.07, 6.45) is 4.50. The van der Waals surface area contributed by atoms with Crippen LogP contribution in [0, 0.1) is 6.92 Å². The molecule has 1 N–H and O–H groups in total. The highest BCUT2D eigenvalue weighted by Gasteiger charge is 2.15. The van der Waals surface area contributed by atoms with Gasteiger partial charge in [0.25, 0.3) is 0 Å². The van der Waals surface area contributed by atoms with Gasteiger partial charge >= 0.3 is 0 Å². The summed E-state index contributed by atoms with van der Waals surface area (Å²) >= 11 is 3.40. The molecule has 0 amide bonds. The first-order valence-corrected chi connectivity index (χ1v) is 6.02. The topological polar surface area (TPSA) is 34.2 Å². The highest BCUT2D eigenvalue weighted by Crippen LogP contribution is 2.18. The summed E-state index contributed by atoms with van der Waals surface area (Å²) in [5.41, 5.74) is 1.15. The van der Waals surface area contributed by atoms with Crippen molar-refractivity contribution < 1.29 is 4.74 Å². The summed E-state index contributed by atoms with van der Waals surface area (Å²) < 4.78 is 6.56. The molecule has 0 unspecified atom stereocenters. The monoisotopic (exact) mass is 270 g/mol. The third kappa shape index (κ3) is 2.92. The minimum atomic E-state index is 0.356. The predicted molar refractivity (Wildman–Crippen MR) is 64.1 cm³/mol. The molecule has 1 aliphatic rings. The van der Waals surface area contributed by atoms with Gasteiger partial charge in [-0.05, 0) is 47.3 Å². The lowest BCUT2D eigenvalue weighted by molar-refractivity contribution is 0.120. The molecule has 15 heavy (non-hydrogen) atoms. The van der Waals surface area contributed by atoms with Crippen LogP contribution in [0.15, 0.2) is 16.7 Å². The van der Waals surface area contributed by atoms with E-state index in [4.69, 9.17) is 4.74 Å². The van der Waals surface area contributed by atoms with Gasteiger partial charge in [-0.2, -0.15) is 0 Å². The highest BCUT2D eigenvalue weighted by molar-refractivity contribution is 9.10. The Morgan fingerprint density at radius 3 is 3.20 bits per heavy atom. The third-order valence-corrected chi connectivity index (χ3v) is 3.00. The number of aromatic nitrogens is 1. The van der Waals surface area contributed by atoms with Crippen LogP contribution in [0.2, 0.25) is 0 Å². The molecule has 1 aromatic heterocycles. The number of anilines is 1. The van der Waals surface area contributed by atoms with Gasteiger partial charge in [0, 0.05) is 23.8 Å². The molecule has 3 nitrogen and oxygen atoms in total. The second-order valence-electron chi connectivity index (χ2n) is 3.83. The van der Waals surface area contributed by atoms with Gasteiger partial charge in [0.1, 0.15) is 5.82 Å². The van der Waals surface area contributed by atoms with Crippen LogP contribution in [0.25, 0.3) is 0 Å². The fourth-order valence-electron chi connectivity index (χ4n) is 1.74. The van der Waals surface area contributed by atoms with Crippen molar-refractivity contribution in [1.82, 2.24) is 4.98 Å². The molecule has 0 aliphatic carbocycles. The van der Waals surface area contributed by atoms with Crippen LogP contribution < -0.4 is 5.32 Å². The number of ether oxygens (including phenoxy) is 1. The van der Waals surface area contributed by atoms with Crippen LogP contribution in [0.5, 0.6) is 0 Å². The fourth-order valence-corrected chi connectivity index (χ4v) is 2.19. The highest BCUT2D eigenvalue weighted by atomic mass is 79.9. The summed E-state index contributed by atoms with van der Waals surface area (Å²) in [5, 5.41) is 3.33. The Morgan fingerprint density at radius 2 is 2.53 bits per heavy atom. The maximum atomic E-state index is 5.54. The Bertz CT molecular complexity index is 337. The lowest BCUT2D eigenvalue weighted by Gasteiger charge is -2.12. The molecule has 4 heteroatoms. The third-order valence-electron chi connectivity index (χ3n) is 2.57. The number of nitrogens with zero attached hydrogens (tertiary/aromatic N) is 1. The van der Waals surface area contributed by atoms with Gasteiger partial charge in [0.2, 0.25) is 0 Å². The van der Waals surface area contributed by atoms with E-state index in [9.17, 15) is 0 Å². The van der Waals surface area contributed by atoms with Crippen LogP contribution in [0.4, 0.5) is 5.82 Å². The van der Waals surface area contributed by atoms with E-state index in [-0.39, 0.29) is 0 Å². The Labute approximate surface area is 98.4 Å². The van der Waals surface area contributed by atoms with Crippen molar-refractivity contribution in [3.05, 3.63) is 22.3 Å². The van der Waals surface area contributed by atoms with Crippen LogP contribution in [0.1, 0.15) is 18.4 Å². The number of halogens is 1. The zero-order valence-corrected chi connectivity index (χ0v) is 10.4. The van der Waals surface area contributed by atoms with Gasteiger partial charge < -0.3 is 10.1 Å². The Balaban J connectivity index is 1.92. The van der Waals surface area contributed by atoms with Gasteiger partial charge in [-0.1, -0.05) is 0 Å². The first-order valence-electron chi connectivity index (χ1n) is 5.23. The second-order valence-corrected chi connectivity index (χ2v) is 4.75. The number of nitrogens with one attached hydrogen (secondary N) is 1. The summed E-state index contributed by atoms with van der Waals surface area (Å²) in [5.74, 6) is 0.953. The molecule has 1 saturated heterocycles. The van der Waals surface area contributed by atoms with Gasteiger partial charge in [0.15, 0.2) is 0 Å². The average Bonchev–Trinajstić information content (AvgIpc) is 2.69. The van der Waals surface area contributed by atoms with Gasteiger partial charge in [0.05, 0.1) is 6.10 Å². The largest absolute Gasteiger partial charge is 0.376 e. The number of hydrogen-bond donors (Lipinski definition) is 1. The van der Waals surface area contributed by atoms with E-state index < -0.39 is 0 Å². The van der Waals surface area contributed by atoms with Crippen molar-refractivity contribution in [2.45, 2.75) is 25.9 Å². The molecule has 2 rings (SSSR count). The average molecular weight is 271 g/mol. The van der Waals surface area contributed by atoms with E-state index in [0.29, 0.717) is 6.10 Å². The summed E-state index contributed by atoms with van der Waals surface area (Å²) in [4.78, 5) is 4.33. The number of hydrogen-bond acceptors (Lipinski definition) is 3. The van der Waals surface area contributed by atoms with Crippen molar-refractivity contribution in [3.63, 3.8) is 0 Å². The number of aryl methyl sites for hydroxylation is 1. The zero-order valence-electron chi connectivity index (χ0n) is 8.79. The summed E-state index contributed by atoms with van der Waals surface area (Å²) in [7, 11) is 0. The van der Waals surface area contributed by atoms with E-state index in [0.717, 1.165) is 35.4 Å². The van der Waals surface area contributed by atoms with E-state index in [1.54, 1.807) is 0 Å². The molecule has 2 heterocycles. The molecule has 0 saturated carbocycles. The molecule has 0 radical (unpaired) electrons. The van der Waals surface area contributed by atoms with Crippen LogP contribution in [-0.4, -0.2) is 24.2 Å². The van der Waals surface area contributed by atoms with Crippen LogP contribution >= 0.6 is 15.9 Å². The first-order chi connectivity index (χ1) is 7.25. The van der Waals surface area contributed by atoms with Crippen molar-refractivity contribution >= 4 is 21.7 Å². The van der Waals surface area contributed by atoms with Gasteiger partial charge in [-0.25, -0.2) is 4.98 Å². The van der Waals surface area contributed by atoms with E-state index in [2.05, 4.69) is 39.2 Å². The number of rotatable bonds is 3. The Kier molecular flexibility index (Phi) is 3.59. The lowest BCUT2D eigenvalue weighted by atomic mass is 10.2. The quantitative estimate of drug-likeness (QED) is 0.917. The Hall–Kier alpha value is -0.610.